The van der Waals surface area contributed by atoms with Crippen molar-refractivity contribution in [3.05, 3.63) is 29.6 Å². The van der Waals surface area contributed by atoms with Crippen molar-refractivity contribution in [1.29, 1.82) is 0 Å². The molecule has 6 nitrogen and oxygen atoms in total. The average molecular weight is 298 g/mol. The van der Waals surface area contributed by atoms with Gasteiger partial charge in [-0.05, 0) is 18.2 Å². The SMILES string of the molecule is Nc1csc(S(=O)(=O)Nc2ccc3c(c2)OCO3)c1. The van der Waals surface area contributed by atoms with E-state index >= 15 is 0 Å². The number of nitrogen functional groups attached to an aromatic ring is 1. The van der Waals surface area contributed by atoms with Crippen LogP contribution in [0.4, 0.5) is 11.4 Å². The van der Waals surface area contributed by atoms with Crippen LogP contribution in [0.15, 0.2) is 33.9 Å². The van der Waals surface area contributed by atoms with E-state index in [9.17, 15) is 8.42 Å². The third kappa shape index (κ3) is 2.32. The molecule has 2 heterocycles. The second-order valence-corrected chi connectivity index (χ2v) is 6.69. The van der Waals surface area contributed by atoms with E-state index in [1.165, 1.54) is 6.07 Å². The number of fused-ring (bicyclic) bond motifs is 1. The monoisotopic (exact) mass is 298 g/mol. The third-order valence-electron chi connectivity index (χ3n) is 2.49. The smallest absolute Gasteiger partial charge is 0.271 e. The molecule has 1 aromatic carbocycles. The van der Waals surface area contributed by atoms with Crippen LogP contribution in [0.25, 0.3) is 0 Å². The van der Waals surface area contributed by atoms with Gasteiger partial charge in [0.2, 0.25) is 6.79 Å². The van der Waals surface area contributed by atoms with Gasteiger partial charge in [0.1, 0.15) is 4.21 Å². The maximum Gasteiger partial charge on any atom is 0.271 e. The van der Waals surface area contributed by atoms with E-state index in [0.29, 0.717) is 22.9 Å². The average Bonchev–Trinajstić information content (AvgIpc) is 2.96. The van der Waals surface area contributed by atoms with Gasteiger partial charge in [0.05, 0.1) is 5.69 Å². The minimum atomic E-state index is -3.62. The van der Waals surface area contributed by atoms with Gasteiger partial charge in [-0.2, -0.15) is 0 Å². The fraction of sp³-hybridized carbons (Fsp3) is 0.0909. The lowest BCUT2D eigenvalue weighted by Crippen LogP contribution is -2.11. The van der Waals surface area contributed by atoms with E-state index in [1.807, 2.05) is 0 Å². The molecule has 0 saturated carbocycles. The van der Waals surface area contributed by atoms with Crippen molar-refractivity contribution in [1.82, 2.24) is 0 Å². The zero-order valence-electron chi connectivity index (χ0n) is 9.62. The van der Waals surface area contributed by atoms with E-state index in [0.717, 1.165) is 11.3 Å². The molecule has 0 saturated heterocycles. The Kier molecular flexibility index (Phi) is 2.76. The van der Waals surface area contributed by atoms with Crippen molar-refractivity contribution < 1.29 is 17.9 Å². The third-order valence-corrected chi connectivity index (χ3v) is 5.32. The van der Waals surface area contributed by atoms with Crippen LogP contribution in [0.1, 0.15) is 0 Å². The Balaban J connectivity index is 1.89. The molecule has 1 aliphatic rings. The minimum Gasteiger partial charge on any atom is -0.454 e. The Morgan fingerprint density at radius 2 is 2.00 bits per heavy atom. The van der Waals surface area contributed by atoms with Crippen molar-refractivity contribution in [2.75, 3.05) is 17.2 Å². The summed E-state index contributed by atoms with van der Waals surface area (Å²) in [5.41, 5.74) is 6.36. The summed E-state index contributed by atoms with van der Waals surface area (Å²) in [6.07, 6.45) is 0. The molecule has 0 unspecified atom stereocenters. The zero-order chi connectivity index (χ0) is 13.5. The second-order valence-electron chi connectivity index (χ2n) is 3.87. The van der Waals surface area contributed by atoms with Gasteiger partial charge in [0.25, 0.3) is 10.0 Å². The molecule has 19 heavy (non-hydrogen) atoms. The molecule has 2 aromatic rings. The van der Waals surface area contributed by atoms with Crippen LogP contribution in [0, 0.1) is 0 Å². The first-order valence-corrected chi connectivity index (χ1v) is 7.67. The van der Waals surface area contributed by atoms with Gasteiger partial charge in [0.15, 0.2) is 11.5 Å². The number of nitrogens with two attached hydrogens (primary N) is 1. The molecule has 3 N–H and O–H groups in total. The molecule has 100 valence electrons. The first-order valence-electron chi connectivity index (χ1n) is 5.31. The van der Waals surface area contributed by atoms with E-state index in [4.69, 9.17) is 15.2 Å². The van der Waals surface area contributed by atoms with Gasteiger partial charge in [0, 0.05) is 17.1 Å². The maximum atomic E-state index is 12.1. The number of sulfonamides is 1. The highest BCUT2D eigenvalue weighted by atomic mass is 32.2. The number of hydrogen-bond acceptors (Lipinski definition) is 6. The predicted octanol–water partition coefficient (Wildman–Crippen LogP) is 1.86. The normalized spacial score (nSPS) is 13.5. The number of nitrogens with one attached hydrogen (secondary N) is 1. The number of benzene rings is 1. The molecule has 0 atom stereocenters. The van der Waals surface area contributed by atoms with Gasteiger partial charge >= 0.3 is 0 Å². The Morgan fingerprint density at radius 1 is 1.21 bits per heavy atom. The van der Waals surface area contributed by atoms with Crippen LogP contribution in [0.3, 0.4) is 0 Å². The number of ether oxygens (including phenoxy) is 2. The molecule has 1 aromatic heterocycles. The van der Waals surface area contributed by atoms with Gasteiger partial charge < -0.3 is 15.2 Å². The molecule has 0 amide bonds. The summed E-state index contributed by atoms with van der Waals surface area (Å²) in [6, 6.07) is 6.27. The lowest BCUT2D eigenvalue weighted by Gasteiger charge is -2.06. The van der Waals surface area contributed by atoms with Crippen LogP contribution in [0.5, 0.6) is 11.5 Å². The lowest BCUT2D eigenvalue weighted by molar-refractivity contribution is 0.174. The highest BCUT2D eigenvalue weighted by Crippen LogP contribution is 2.35. The van der Waals surface area contributed by atoms with Crippen molar-refractivity contribution in [2.24, 2.45) is 0 Å². The minimum absolute atomic E-state index is 0.146. The van der Waals surface area contributed by atoms with Crippen LogP contribution < -0.4 is 19.9 Å². The summed E-state index contributed by atoms with van der Waals surface area (Å²) < 4.78 is 37.2. The summed E-state index contributed by atoms with van der Waals surface area (Å²) in [5.74, 6) is 1.12. The summed E-state index contributed by atoms with van der Waals surface area (Å²) in [4.78, 5) is 0. The van der Waals surface area contributed by atoms with Crippen molar-refractivity contribution in [2.45, 2.75) is 4.21 Å². The summed E-state index contributed by atoms with van der Waals surface area (Å²) in [6.45, 7) is 0.146. The molecular formula is C11H10N2O4S2. The topological polar surface area (TPSA) is 90.7 Å². The fourth-order valence-corrected chi connectivity index (χ4v) is 3.77. The van der Waals surface area contributed by atoms with Crippen LogP contribution in [-0.4, -0.2) is 15.2 Å². The van der Waals surface area contributed by atoms with Gasteiger partial charge in [-0.25, -0.2) is 8.42 Å². The molecule has 0 radical (unpaired) electrons. The van der Waals surface area contributed by atoms with Crippen LogP contribution in [-0.2, 0) is 10.0 Å². The van der Waals surface area contributed by atoms with Gasteiger partial charge in [-0.3, -0.25) is 4.72 Å². The molecule has 0 fully saturated rings. The Hall–Kier alpha value is -1.93. The van der Waals surface area contributed by atoms with E-state index < -0.39 is 10.0 Å². The number of thiophene rings is 1. The molecule has 1 aliphatic heterocycles. The standard InChI is InChI=1S/C11H10N2O4S2/c12-7-3-11(18-5-7)19(14,15)13-8-1-2-9-10(4-8)17-6-16-9/h1-5,13H,6,12H2. The fourth-order valence-electron chi connectivity index (χ4n) is 1.64. The zero-order valence-corrected chi connectivity index (χ0v) is 11.3. The van der Waals surface area contributed by atoms with Crippen LogP contribution in [0.2, 0.25) is 0 Å². The highest BCUT2D eigenvalue weighted by Gasteiger charge is 2.19. The molecule has 0 spiro atoms. The van der Waals surface area contributed by atoms with Gasteiger partial charge in [-0.15, -0.1) is 11.3 Å². The largest absolute Gasteiger partial charge is 0.454 e. The Labute approximate surface area is 113 Å². The molecular weight excluding hydrogens is 288 g/mol. The number of rotatable bonds is 3. The van der Waals surface area contributed by atoms with E-state index in [2.05, 4.69) is 4.72 Å². The molecule has 3 rings (SSSR count). The van der Waals surface area contributed by atoms with Gasteiger partial charge in [-0.1, -0.05) is 0 Å². The highest BCUT2D eigenvalue weighted by molar-refractivity contribution is 7.94. The van der Waals surface area contributed by atoms with Crippen molar-refractivity contribution in [3.63, 3.8) is 0 Å². The molecule has 8 heteroatoms. The lowest BCUT2D eigenvalue weighted by atomic mass is 10.3. The second kappa shape index (κ2) is 4.32. The quantitative estimate of drug-likeness (QED) is 0.902. The van der Waals surface area contributed by atoms with Crippen molar-refractivity contribution >= 4 is 32.7 Å². The summed E-state index contributed by atoms with van der Waals surface area (Å²) >= 11 is 1.07. The Morgan fingerprint density at radius 3 is 2.74 bits per heavy atom. The van der Waals surface area contributed by atoms with E-state index in [1.54, 1.807) is 23.6 Å². The summed E-state index contributed by atoms with van der Waals surface area (Å²) in [5, 5.41) is 1.58. The van der Waals surface area contributed by atoms with Crippen LogP contribution >= 0.6 is 11.3 Å². The molecule has 0 aliphatic carbocycles. The number of hydrogen-bond donors (Lipinski definition) is 2. The summed E-state index contributed by atoms with van der Waals surface area (Å²) in [7, 11) is -3.62. The molecule has 0 bridgehead atoms. The first kappa shape index (κ1) is 12.1. The Bertz CT molecular complexity index is 724. The van der Waals surface area contributed by atoms with E-state index in [-0.39, 0.29) is 11.0 Å². The predicted molar refractivity (Wildman–Crippen MR) is 72.1 cm³/mol. The number of anilines is 2. The first-order chi connectivity index (χ1) is 9.04. The van der Waals surface area contributed by atoms with Crippen molar-refractivity contribution in [3.8, 4) is 11.5 Å². The maximum absolute atomic E-state index is 12.1.